The molecule has 1 aliphatic heterocycles. The van der Waals surface area contributed by atoms with Gasteiger partial charge in [-0.2, -0.15) is 0 Å². The second-order valence-corrected chi connectivity index (χ2v) is 7.81. The molecule has 0 saturated carbocycles. The monoisotopic (exact) mass is 397 g/mol. The van der Waals surface area contributed by atoms with E-state index >= 15 is 0 Å². The number of Topliss-reactive ketones (excluding diaryl/α,β-unsaturated/α-hetero) is 1. The van der Waals surface area contributed by atoms with Crippen LogP contribution in [0.2, 0.25) is 0 Å². The molecular weight excluding hydrogens is 366 g/mol. The number of nitrogens with zero attached hydrogens (tertiary/aromatic N) is 2. The lowest BCUT2D eigenvalue weighted by molar-refractivity contribution is 0.0599. The first kappa shape index (κ1) is 21.3. The Bertz CT molecular complexity index is 860. The van der Waals surface area contributed by atoms with Gasteiger partial charge in [-0.15, -0.1) is 0 Å². The van der Waals surface area contributed by atoms with Gasteiger partial charge in [0.2, 0.25) is 0 Å². The normalized spacial score (nSPS) is 17.0. The number of hydrogen-bond donors (Lipinski definition) is 1. The number of carbonyl (C=O) groups is 2. The van der Waals surface area contributed by atoms with E-state index in [4.69, 9.17) is 4.74 Å². The molecule has 1 unspecified atom stereocenters. The van der Waals surface area contributed by atoms with Crippen LogP contribution in [0.4, 0.5) is 0 Å². The highest BCUT2D eigenvalue weighted by molar-refractivity contribution is 6.03. The van der Waals surface area contributed by atoms with Crippen molar-refractivity contribution in [3.05, 3.63) is 58.4 Å². The van der Waals surface area contributed by atoms with Crippen molar-refractivity contribution in [2.24, 2.45) is 0 Å². The first-order chi connectivity index (χ1) is 13.9. The molecule has 0 spiro atoms. The van der Waals surface area contributed by atoms with Crippen molar-refractivity contribution in [3.8, 4) is 0 Å². The molecule has 1 atom stereocenters. The molecule has 1 aromatic heterocycles. The molecule has 0 bridgehead atoms. The Hall–Kier alpha value is -2.44. The van der Waals surface area contributed by atoms with Crippen LogP contribution in [0, 0.1) is 13.8 Å². The van der Waals surface area contributed by atoms with Crippen molar-refractivity contribution in [1.29, 1.82) is 0 Å². The Balaban J connectivity index is 1.67. The number of carbonyl (C=O) groups excluding carboxylic acids is 2. The number of hydrogen-bond acceptors (Lipinski definition) is 5. The first-order valence-electron chi connectivity index (χ1n) is 10.2. The summed E-state index contributed by atoms with van der Waals surface area (Å²) in [6, 6.07) is 10.3. The molecule has 0 aliphatic carbocycles. The Morgan fingerprint density at radius 3 is 2.52 bits per heavy atom. The summed E-state index contributed by atoms with van der Waals surface area (Å²) in [5, 5.41) is 0. The zero-order valence-corrected chi connectivity index (χ0v) is 17.8. The number of aromatic amines is 1. The van der Waals surface area contributed by atoms with Crippen molar-refractivity contribution in [1.82, 2.24) is 14.8 Å². The minimum atomic E-state index is -0.408. The summed E-state index contributed by atoms with van der Waals surface area (Å²) in [7, 11) is 1.36. The number of methoxy groups -OCH3 is 1. The van der Waals surface area contributed by atoms with Crippen LogP contribution < -0.4 is 0 Å². The van der Waals surface area contributed by atoms with Gasteiger partial charge in [-0.25, -0.2) is 4.79 Å². The van der Waals surface area contributed by atoms with Crippen LogP contribution in [-0.4, -0.2) is 65.9 Å². The van der Waals surface area contributed by atoms with Crippen LogP contribution in [0.5, 0.6) is 0 Å². The fourth-order valence-corrected chi connectivity index (χ4v) is 4.16. The van der Waals surface area contributed by atoms with Crippen LogP contribution in [-0.2, 0) is 11.3 Å². The van der Waals surface area contributed by atoms with Gasteiger partial charge < -0.3 is 9.72 Å². The van der Waals surface area contributed by atoms with Crippen LogP contribution in [0.1, 0.15) is 51.0 Å². The van der Waals surface area contributed by atoms with Crippen LogP contribution in [0.3, 0.4) is 0 Å². The van der Waals surface area contributed by atoms with Gasteiger partial charge in [0.25, 0.3) is 0 Å². The second kappa shape index (κ2) is 9.37. The lowest BCUT2D eigenvalue weighted by atomic mass is 10.0. The number of esters is 1. The maximum Gasteiger partial charge on any atom is 0.339 e. The number of nitrogens with one attached hydrogen (secondary N) is 1. The minimum Gasteiger partial charge on any atom is -0.465 e. The van der Waals surface area contributed by atoms with Gasteiger partial charge in [0.15, 0.2) is 5.78 Å². The third-order valence-electron chi connectivity index (χ3n) is 5.87. The number of rotatable bonds is 6. The number of H-pyrrole nitrogens is 1. The van der Waals surface area contributed by atoms with E-state index < -0.39 is 5.97 Å². The predicted octanol–water partition coefficient (Wildman–Crippen LogP) is 3.20. The van der Waals surface area contributed by atoms with Gasteiger partial charge in [-0.3, -0.25) is 14.6 Å². The molecule has 0 radical (unpaired) electrons. The molecule has 156 valence electrons. The van der Waals surface area contributed by atoms with E-state index in [0.29, 0.717) is 22.5 Å². The molecule has 2 heterocycles. The number of aromatic nitrogens is 1. The molecule has 1 aromatic carbocycles. The zero-order valence-electron chi connectivity index (χ0n) is 17.8. The topological polar surface area (TPSA) is 65.6 Å². The standard InChI is InChI=1S/C23H31N3O3/c1-16-20(23(28)29-4)17(2)24-21(16)22(27)18(3)26-12-8-11-25(13-14-26)15-19-9-6-5-7-10-19/h5-7,9-10,18,24H,8,11-15H2,1-4H3. The fourth-order valence-electron chi connectivity index (χ4n) is 4.16. The summed E-state index contributed by atoms with van der Waals surface area (Å²) in [4.78, 5) is 33.0. The van der Waals surface area contributed by atoms with Gasteiger partial charge in [0, 0.05) is 31.9 Å². The molecule has 6 heteroatoms. The Morgan fingerprint density at radius 1 is 1.10 bits per heavy atom. The van der Waals surface area contributed by atoms with Crippen molar-refractivity contribution >= 4 is 11.8 Å². The average molecular weight is 398 g/mol. The van der Waals surface area contributed by atoms with E-state index in [1.165, 1.54) is 12.7 Å². The Labute approximate surface area is 172 Å². The van der Waals surface area contributed by atoms with Gasteiger partial charge in [0.05, 0.1) is 24.4 Å². The van der Waals surface area contributed by atoms with Gasteiger partial charge in [-0.1, -0.05) is 30.3 Å². The third kappa shape index (κ3) is 4.77. The molecular formula is C23H31N3O3. The molecule has 1 fully saturated rings. The third-order valence-corrected chi connectivity index (χ3v) is 5.87. The first-order valence-corrected chi connectivity index (χ1v) is 10.2. The molecule has 0 amide bonds. The van der Waals surface area contributed by atoms with E-state index in [0.717, 1.165) is 39.1 Å². The average Bonchev–Trinajstić information content (AvgIpc) is 2.88. The second-order valence-electron chi connectivity index (χ2n) is 7.81. The highest BCUT2D eigenvalue weighted by atomic mass is 16.5. The Kier molecular flexibility index (Phi) is 6.87. The Morgan fingerprint density at radius 2 is 1.83 bits per heavy atom. The quantitative estimate of drug-likeness (QED) is 0.599. The maximum absolute atomic E-state index is 13.2. The molecule has 3 rings (SSSR count). The van der Waals surface area contributed by atoms with Crippen molar-refractivity contribution in [2.75, 3.05) is 33.3 Å². The number of ketones is 1. The largest absolute Gasteiger partial charge is 0.465 e. The summed E-state index contributed by atoms with van der Waals surface area (Å²) >= 11 is 0. The summed E-state index contributed by atoms with van der Waals surface area (Å²) in [6.07, 6.45) is 1.03. The number of aryl methyl sites for hydroxylation is 1. The van der Waals surface area contributed by atoms with E-state index in [-0.39, 0.29) is 11.8 Å². The summed E-state index contributed by atoms with van der Waals surface area (Å²) in [6.45, 7) is 10.2. The van der Waals surface area contributed by atoms with Crippen molar-refractivity contribution in [2.45, 2.75) is 39.8 Å². The number of benzene rings is 1. The van der Waals surface area contributed by atoms with E-state index in [9.17, 15) is 9.59 Å². The smallest absolute Gasteiger partial charge is 0.339 e. The molecule has 1 aliphatic rings. The lowest BCUT2D eigenvalue weighted by Crippen LogP contribution is -2.41. The summed E-state index contributed by atoms with van der Waals surface area (Å²) in [5.74, 6) is -0.383. The van der Waals surface area contributed by atoms with Crippen molar-refractivity contribution < 1.29 is 14.3 Å². The highest BCUT2D eigenvalue weighted by Crippen LogP contribution is 2.22. The molecule has 1 saturated heterocycles. The number of ether oxygens (including phenoxy) is 1. The maximum atomic E-state index is 13.2. The highest BCUT2D eigenvalue weighted by Gasteiger charge is 2.29. The minimum absolute atomic E-state index is 0.0252. The van der Waals surface area contributed by atoms with Crippen LogP contribution in [0.15, 0.2) is 30.3 Å². The molecule has 6 nitrogen and oxygen atoms in total. The summed E-state index contributed by atoms with van der Waals surface area (Å²) in [5.41, 5.74) is 3.65. The van der Waals surface area contributed by atoms with Crippen LogP contribution in [0.25, 0.3) is 0 Å². The summed E-state index contributed by atoms with van der Waals surface area (Å²) < 4.78 is 4.86. The van der Waals surface area contributed by atoms with E-state index in [2.05, 4.69) is 39.0 Å². The molecule has 1 N–H and O–H groups in total. The fraction of sp³-hybridized carbons (Fsp3) is 0.478. The van der Waals surface area contributed by atoms with Gasteiger partial charge >= 0.3 is 5.97 Å². The molecule has 2 aromatic rings. The SMILES string of the molecule is COC(=O)c1c(C)[nH]c(C(=O)C(C)N2CCCN(Cc3ccccc3)CC2)c1C. The molecule has 29 heavy (non-hydrogen) atoms. The predicted molar refractivity (Wildman–Crippen MR) is 113 cm³/mol. The van der Waals surface area contributed by atoms with Crippen LogP contribution >= 0.6 is 0 Å². The van der Waals surface area contributed by atoms with E-state index in [1.54, 1.807) is 13.8 Å². The van der Waals surface area contributed by atoms with Crippen molar-refractivity contribution in [3.63, 3.8) is 0 Å². The van der Waals surface area contributed by atoms with Gasteiger partial charge in [0.1, 0.15) is 0 Å². The van der Waals surface area contributed by atoms with E-state index in [1.807, 2.05) is 13.0 Å². The van der Waals surface area contributed by atoms with Gasteiger partial charge in [-0.05, 0) is 44.9 Å². The zero-order chi connectivity index (χ0) is 21.0. The lowest BCUT2D eigenvalue weighted by Gasteiger charge is -2.26.